The molecule has 0 spiro atoms. The summed E-state index contributed by atoms with van der Waals surface area (Å²) >= 11 is 1.88. The maximum atomic E-state index is 2.51. The number of hydrogen-bond acceptors (Lipinski definition) is 2. The monoisotopic (exact) mass is 819 g/mol. The number of thiophene rings is 1. The van der Waals surface area contributed by atoms with Crippen LogP contribution in [0.4, 0.5) is 17.1 Å². The predicted molar refractivity (Wildman–Crippen MR) is 268 cm³/mol. The lowest BCUT2D eigenvalue weighted by Crippen LogP contribution is -2.28. The average molecular weight is 820 g/mol. The Kier molecular flexibility index (Phi) is 8.98. The van der Waals surface area contributed by atoms with Gasteiger partial charge in [0.2, 0.25) is 0 Å². The maximum absolute atomic E-state index is 2.51. The van der Waals surface area contributed by atoms with Gasteiger partial charge in [0.25, 0.3) is 0 Å². The van der Waals surface area contributed by atoms with E-state index in [-0.39, 0.29) is 0 Å². The van der Waals surface area contributed by atoms with E-state index in [2.05, 4.69) is 254 Å². The molecule has 11 aromatic rings. The van der Waals surface area contributed by atoms with E-state index in [1.807, 2.05) is 11.3 Å². The SMILES string of the molecule is c1ccc(-c2cccc(-c3ccccc3)c2N(c2ccc(-c3cccc4c3sc3ccccc34)cc2)c2ccc3c(c2)C(c2ccccc2)(c2ccccc2)c2ccccc2-3)cc1. The molecule has 0 saturated heterocycles. The molecule has 0 amide bonds. The van der Waals surface area contributed by atoms with Gasteiger partial charge in [0.1, 0.15) is 0 Å². The highest BCUT2D eigenvalue weighted by atomic mass is 32.1. The highest BCUT2D eigenvalue weighted by Gasteiger charge is 2.46. The number of hydrogen-bond donors (Lipinski definition) is 0. The Bertz CT molecular complexity index is 3330. The van der Waals surface area contributed by atoms with Gasteiger partial charge in [0.05, 0.1) is 11.1 Å². The van der Waals surface area contributed by atoms with Gasteiger partial charge in [-0.25, -0.2) is 0 Å². The minimum Gasteiger partial charge on any atom is -0.309 e. The van der Waals surface area contributed by atoms with Gasteiger partial charge in [-0.1, -0.05) is 218 Å². The van der Waals surface area contributed by atoms with Crippen molar-refractivity contribution in [2.24, 2.45) is 0 Å². The van der Waals surface area contributed by atoms with Gasteiger partial charge in [-0.15, -0.1) is 11.3 Å². The molecule has 0 saturated carbocycles. The topological polar surface area (TPSA) is 3.24 Å². The van der Waals surface area contributed by atoms with Crippen LogP contribution < -0.4 is 4.90 Å². The van der Waals surface area contributed by atoms with Crippen molar-refractivity contribution in [2.45, 2.75) is 5.41 Å². The van der Waals surface area contributed by atoms with Crippen LogP contribution in [0.2, 0.25) is 0 Å². The van der Waals surface area contributed by atoms with E-state index in [9.17, 15) is 0 Å². The Balaban J connectivity index is 1.13. The first-order valence-corrected chi connectivity index (χ1v) is 22.5. The Morgan fingerprint density at radius 2 is 0.794 bits per heavy atom. The van der Waals surface area contributed by atoms with Crippen LogP contribution >= 0.6 is 11.3 Å². The van der Waals surface area contributed by atoms with Gasteiger partial charge >= 0.3 is 0 Å². The Hall–Kier alpha value is -7.78. The molecule has 0 N–H and O–H groups in total. The molecule has 1 nitrogen and oxygen atoms in total. The molecule has 0 fully saturated rings. The summed E-state index contributed by atoms with van der Waals surface area (Å²) in [6.45, 7) is 0. The Morgan fingerprint density at radius 1 is 0.317 bits per heavy atom. The molecule has 2 heteroatoms. The van der Waals surface area contributed by atoms with Crippen molar-refractivity contribution in [1.82, 2.24) is 0 Å². The van der Waals surface area contributed by atoms with Crippen LogP contribution in [-0.4, -0.2) is 0 Å². The van der Waals surface area contributed by atoms with Crippen LogP contribution in [0.15, 0.2) is 249 Å². The molecule has 10 aromatic carbocycles. The summed E-state index contributed by atoms with van der Waals surface area (Å²) in [5, 5.41) is 2.62. The molecule has 0 aliphatic heterocycles. The summed E-state index contributed by atoms with van der Waals surface area (Å²) in [6, 6.07) is 91.6. The van der Waals surface area contributed by atoms with Gasteiger partial charge in [0.15, 0.2) is 0 Å². The average Bonchev–Trinajstić information content (AvgIpc) is 3.89. The molecule has 1 heterocycles. The number of para-hydroxylation sites is 1. The first-order valence-electron chi connectivity index (χ1n) is 21.7. The van der Waals surface area contributed by atoms with E-state index in [4.69, 9.17) is 0 Å². The van der Waals surface area contributed by atoms with Gasteiger partial charge in [0, 0.05) is 42.7 Å². The summed E-state index contributed by atoms with van der Waals surface area (Å²) in [6.07, 6.45) is 0. The van der Waals surface area contributed by atoms with Crippen molar-refractivity contribution < 1.29 is 0 Å². The van der Waals surface area contributed by atoms with E-state index in [0.717, 1.165) is 28.2 Å². The molecule has 12 rings (SSSR count). The minimum absolute atomic E-state index is 0.538. The van der Waals surface area contributed by atoms with Crippen LogP contribution in [0.3, 0.4) is 0 Å². The van der Waals surface area contributed by atoms with Gasteiger partial charge in [-0.3, -0.25) is 0 Å². The maximum Gasteiger partial charge on any atom is 0.0714 e. The smallest absolute Gasteiger partial charge is 0.0714 e. The Labute approximate surface area is 372 Å². The summed E-state index contributed by atoms with van der Waals surface area (Å²) in [7, 11) is 0. The predicted octanol–water partition coefficient (Wildman–Crippen LogP) is 16.9. The van der Waals surface area contributed by atoms with Crippen LogP contribution in [0.5, 0.6) is 0 Å². The van der Waals surface area contributed by atoms with E-state index in [1.165, 1.54) is 75.8 Å². The second-order valence-electron chi connectivity index (χ2n) is 16.4. The van der Waals surface area contributed by atoms with Crippen molar-refractivity contribution in [2.75, 3.05) is 4.90 Å². The molecular formula is C61H41NS. The quantitative estimate of drug-likeness (QED) is 0.148. The fraction of sp³-hybridized carbons (Fsp3) is 0.0164. The molecule has 1 aliphatic carbocycles. The fourth-order valence-corrected chi connectivity index (χ4v) is 11.5. The van der Waals surface area contributed by atoms with Gasteiger partial charge in [-0.2, -0.15) is 0 Å². The number of benzene rings is 10. The van der Waals surface area contributed by atoms with Crippen LogP contribution in [0.1, 0.15) is 22.3 Å². The number of rotatable bonds is 8. The van der Waals surface area contributed by atoms with Crippen molar-refractivity contribution >= 4 is 48.6 Å². The zero-order chi connectivity index (χ0) is 41.7. The lowest BCUT2D eigenvalue weighted by atomic mass is 9.67. The van der Waals surface area contributed by atoms with Crippen LogP contribution in [-0.2, 0) is 5.41 Å². The third-order valence-electron chi connectivity index (χ3n) is 13.0. The third kappa shape index (κ3) is 5.98. The first kappa shape index (κ1) is 37.0. The van der Waals surface area contributed by atoms with E-state index in [1.54, 1.807) is 0 Å². The van der Waals surface area contributed by atoms with Crippen molar-refractivity contribution in [3.05, 3.63) is 271 Å². The van der Waals surface area contributed by atoms with Crippen molar-refractivity contribution in [1.29, 1.82) is 0 Å². The summed E-state index contributed by atoms with van der Waals surface area (Å²) < 4.78 is 2.63. The second-order valence-corrected chi connectivity index (χ2v) is 17.4. The molecule has 0 atom stereocenters. The lowest BCUT2D eigenvalue weighted by molar-refractivity contribution is 0.768. The zero-order valence-electron chi connectivity index (χ0n) is 34.5. The van der Waals surface area contributed by atoms with Crippen LogP contribution in [0, 0.1) is 0 Å². The largest absolute Gasteiger partial charge is 0.309 e. The normalized spacial score (nSPS) is 12.6. The standard InChI is InChI=1S/C61H41NS/c1-5-19-42(20-6-1)49-29-17-30-50(43-21-7-2-8-22-43)59(49)62(47-37-35-44(36-38-47)51-31-18-32-55-54-28-14-16-34-58(54)63-60(51)55)48-39-40-53-52-27-13-15-33-56(52)61(57(53)41-48,45-23-9-3-10-24-45)46-25-11-4-12-26-46/h1-41H. The molecule has 296 valence electrons. The lowest BCUT2D eigenvalue weighted by Gasteiger charge is -2.35. The molecule has 1 aliphatic rings. The third-order valence-corrected chi connectivity index (χ3v) is 14.2. The zero-order valence-corrected chi connectivity index (χ0v) is 35.3. The molecule has 0 radical (unpaired) electrons. The van der Waals surface area contributed by atoms with Crippen molar-refractivity contribution in [3.63, 3.8) is 0 Å². The van der Waals surface area contributed by atoms with E-state index in [0.29, 0.717) is 0 Å². The van der Waals surface area contributed by atoms with Gasteiger partial charge in [-0.05, 0) is 86.0 Å². The molecular weight excluding hydrogens is 779 g/mol. The minimum atomic E-state index is -0.538. The first-order chi connectivity index (χ1) is 31.3. The van der Waals surface area contributed by atoms with Gasteiger partial charge < -0.3 is 4.90 Å². The van der Waals surface area contributed by atoms with E-state index < -0.39 is 5.41 Å². The number of fused-ring (bicyclic) bond motifs is 6. The summed E-state index contributed by atoms with van der Waals surface area (Å²) in [5.74, 6) is 0. The molecule has 1 aromatic heterocycles. The summed E-state index contributed by atoms with van der Waals surface area (Å²) in [4.78, 5) is 2.51. The Morgan fingerprint density at radius 3 is 1.46 bits per heavy atom. The van der Waals surface area contributed by atoms with Crippen LogP contribution in [0.25, 0.3) is 64.7 Å². The number of nitrogens with zero attached hydrogens (tertiary/aromatic N) is 1. The number of anilines is 3. The molecule has 63 heavy (non-hydrogen) atoms. The highest BCUT2D eigenvalue weighted by Crippen LogP contribution is 2.58. The second kappa shape index (κ2) is 15.3. The fourth-order valence-electron chi connectivity index (χ4n) is 10.2. The van der Waals surface area contributed by atoms with E-state index >= 15 is 0 Å². The van der Waals surface area contributed by atoms with Crippen molar-refractivity contribution in [3.8, 4) is 44.5 Å². The highest BCUT2D eigenvalue weighted by molar-refractivity contribution is 7.26. The molecule has 0 unspecified atom stereocenters. The summed E-state index contributed by atoms with van der Waals surface area (Å²) in [5.41, 5.74) is 17.5. The molecule has 0 bridgehead atoms.